The van der Waals surface area contributed by atoms with Crippen LogP contribution in [0.25, 0.3) is 23.0 Å². The number of aryl methyl sites for hydroxylation is 2. The summed E-state index contributed by atoms with van der Waals surface area (Å²) in [6.45, 7) is 3.86. The predicted octanol–water partition coefficient (Wildman–Crippen LogP) is 2.39. The Balaban J connectivity index is 2.02. The summed E-state index contributed by atoms with van der Waals surface area (Å²) in [4.78, 5) is 12.8. The Morgan fingerprint density at radius 2 is 1.75 bits per heavy atom. The number of aromatic nitrogens is 4. The van der Waals surface area contributed by atoms with Crippen molar-refractivity contribution in [3.8, 4) is 23.0 Å². The van der Waals surface area contributed by atoms with Gasteiger partial charge in [0, 0.05) is 17.0 Å². The molecule has 0 saturated heterocycles. The standard InChI is InChI=1S/C14H13N5O/c1-8-6-10(7-9(2)16-8)13-18-14(20-19-13)11-4-3-5-12(15)17-11/h3-7H,1-2H3,(H2,15,17). The van der Waals surface area contributed by atoms with Crippen molar-refractivity contribution < 1.29 is 4.52 Å². The van der Waals surface area contributed by atoms with Gasteiger partial charge in [0.15, 0.2) is 0 Å². The van der Waals surface area contributed by atoms with Gasteiger partial charge in [-0.2, -0.15) is 4.98 Å². The zero-order chi connectivity index (χ0) is 14.1. The molecule has 3 rings (SSSR count). The van der Waals surface area contributed by atoms with Gasteiger partial charge in [0.1, 0.15) is 11.5 Å². The van der Waals surface area contributed by atoms with E-state index in [2.05, 4.69) is 20.1 Å². The maximum Gasteiger partial charge on any atom is 0.276 e. The molecule has 0 aromatic carbocycles. The summed E-state index contributed by atoms with van der Waals surface area (Å²) >= 11 is 0. The molecule has 0 saturated carbocycles. The minimum absolute atomic E-state index is 0.347. The van der Waals surface area contributed by atoms with Crippen LogP contribution in [0.15, 0.2) is 34.9 Å². The van der Waals surface area contributed by atoms with Crippen molar-refractivity contribution >= 4 is 5.82 Å². The van der Waals surface area contributed by atoms with Crippen LogP contribution in [0.5, 0.6) is 0 Å². The molecule has 3 aromatic rings. The average Bonchev–Trinajstić information content (AvgIpc) is 2.87. The summed E-state index contributed by atoms with van der Waals surface area (Å²) in [5.74, 6) is 1.27. The van der Waals surface area contributed by atoms with E-state index in [1.54, 1.807) is 18.2 Å². The van der Waals surface area contributed by atoms with E-state index in [0.717, 1.165) is 17.0 Å². The molecule has 100 valence electrons. The minimum atomic E-state index is 0.347. The van der Waals surface area contributed by atoms with Crippen LogP contribution < -0.4 is 5.73 Å². The molecular weight excluding hydrogens is 254 g/mol. The lowest BCUT2D eigenvalue weighted by Crippen LogP contribution is -1.92. The molecule has 20 heavy (non-hydrogen) atoms. The van der Waals surface area contributed by atoms with Gasteiger partial charge in [0.25, 0.3) is 5.89 Å². The normalized spacial score (nSPS) is 10.7. The van der Waals surface area contributed by atoms with Gasteiger partial charge in [-0.1, -0.05) is 11.2 Å². The van der Waals surface area contributed by atoms with Gasteiger partial charge < -0.3 is 10.3 Å². The molecule has 0 spiro atoms. The molecule has 0 aliphatic heterocycles. The Hall–Kier alpha value is -2.76. The maximum atomic E-state index is 5.64. The Kier molecular flexibility index (Phi) is 2.90. The summed E-state index contributed by atoms with van der Waals surface area (Å²) in [5.41, 5.74) is 8.90. The predicted molar refractivity (Wildman–Crippen MR) is 74.6 cm³/mol. The van der Waals surface area contributed by atoms with Gasteiger partial charge in [-0.05, 0) is 38.1 Å². The van der Waals surface area contributed by atoms with E-state index < -0.39 is 0 Å². The molecule has 6 nitrogen and oxygen atoms in total. The van der Waals surface area contributed by atoms with Gasteiger partial charge >= 0.3 is 0 Å². The van der Waals surface area contributed by atoms with Gasteiger partial charge in [-0.3, -0.25) is 4.98 Å². The zero-order valence-electron chi connectivity index (χ0n) is 11.2. The smallest absolute Gasteiger partial charge is 0.276 e. The first kappa shape index (κ1) is 12.3. The van der Waals surface area contributed by atoms with Crippen molar-refractivity contribution in [2.24, 2.45) is 0 Å². The van der Waals surface area contributed by atoms with Crippen molar-refractivity contribution in [3.05, 3.63) is 41.7 Å². The van der Waals surface area contributed by atoms with E-state index >= 15 is 0 Å². The van der Waals surface area contributed by atoms with Crippen molar-refractivity contribution in [3.63, 3.8) is 0 Å². The van der Waals surface area contributed by atoms with Crippen LogP contribution >= 0.6 is 0 Å². The van der Waals surface area contributed by atoms with E-state index in [9.17, 15) is 0 Å². The molecule has 0 aliphatic carbocycles. The molecule has 2 N–H and O–H groups in total. The molecule has 0 amide bonds. The van der Waals surface area contributed by atoms with Gasteiger partial charge in [0.2, 0.25) is 5.82 Å². The number of hydrogen-bond donors (Lipinski definition) is 1. The van der Waals surface area contributed by atoms with E-state index in [-0.39, 0.29) is 0 Å². The summed E-state index contributed by atoms with van der Waals surface area (Å²) in [6, 6.07) is 9.10. The van der Waals surface area contributed by atoms with Gasteiger partial charge in [0.05, 0.1) is 0 Å². The molecule has 0 fully saturated rings. The Labute approximate surface area is 115 Å². The number of nitrogen functional groups attached to an aromatic ring is 1. The molecule has 0 radical (unpaired) electrons. The Morgan fingerprint density at radius 3 is 2.45 bits per heavy atom. The number of rotatable bonds is 2. The van der Waals surface area contributed by atoms with E-state index in [1.807, 2.05) is 26.0 Å². The van der Waals surface area contributed by atoms with Crippen LogP contribution in [0.3, 0.4) is 0 Å². The van der Waals surface area contributed by atoms with Crippen LogP contribution in [0.1, 0.15) is 11.4 Å². The largest absolute Gasteiger partial charge is 0.384 e. The summed E-state index contributed by atoms with van der Waals surface area (Å²) in [5, 5.41) is 3.98. The number of nitrogens with two attached hydrogens (primary N) is 1. The summed E-state index contributed by atoms with van der Waals surface area (Å²) < 4.78 is 5.24. The lowest BCUT2D eigenvalue weighted by Gasteiger charge is -1.99. The monoisotopic (exact) mass is 267 g/mol. The molecule has 0 aliphatic rings. The second kappa shape index (κ2) is 4.73. The Morgan fingerprint density at radius 1 is 1.00 bits per heavy atom. The first-order chi connectivity index (χ1) is 9.61. The minimum Gasteiger partial charge on any atom is -0.384 e. The highest BCUT2D eigenvalue weighted by Crippen LogP contribution is 2.22. The fourth-order valence-corrected chi connectivity index (χ4v) is 1.98. The molecule has 3 aromatic heterocycles. The summed E-state index contributed by atoms with van der Waals surface area (Å²) in [7, 11) is 0. The number of nitrogens with zero attached hydrogens (tertiary/aromatic N) is 4. The fraction of sp³-hybridized carbons (Fsp3) is 0.143. The summed E-state index contributed by atoms with van der Waals surface area (Å²) in [6.07, 6.45) is 0. The molecule has 0 atom stereocenters. The number of anilines is 1. The fourth-order valence-electron chi connectivity index (χ4n) is 1.98. The second-order valence-corrected chi connectivity index (χ2v) is 4.51. The quantitative estimate of drug-likeness (QED) is 0.766. The van der Waals surface area contributed by atoms with Gasteiger partial charge in [-0.15, -0.1) is 0 Å². The van der Waals surface area contributed by atoms with Crippen molar-refractivity contribution in [1.82, 2.24) is 20.1 Å². The highest BCUT2D eigenvalue weighted by Gasteiger charge is 2.12. The third kappa shape index (κ3) is 2.35. The van der Waals surface area contributed by atoms with Crippen LogP contribution in [0.4, 0.5) is 5.82 Å². The SMILES string of the molecule is Cc1cc(-c2noc(-c3cccc(N)n3)n2)cc(C)n1. The second-order valence-electron chi connectivity index (χ2n) is 4.51. The lowest BCUT2D eigenvalue weighted by molar-refractivity contribution is 0.431. The van der Waals surface area contributed by atoms with Crippen LogP contribution in [0.2, 0.25) is 0 Å². The van der Waals surface area contributed by atoms with Crippen molar-refractivity contribution in [2.75, 3.05) is 5.73 Å². The molecule has 6 heteroatoms. The highest BCUT2D eigenvalue weighted by molar-refractivity contribution is 5.59. The van der Waals surface area contributed by atoms with Crippen LogP contribution in [0, 0.1) is 13.8 Å². The zero-order valence-corrected chi connectivity index (χ0v) is 11.2. The highest BCUT2D eigenvalue weighted by atomic mass is 16.5. The van der Waals surface area contributed by atoms with Crippen molar-refractivity contribution in [1.29, 1.82) is 0 Å². The van der Waals surface area contributed by atoms with Crippen molar-refractivity contribution in [2.45, 2.75) is 13.8 Å². The average molecular weight is 267 g/mol. The number of pyridine rings is 2. The maximum absolute atomic E-state index is 5.64. The van der Waals surface area contributed by atoms with E-state index in [0.29, 0.717) is 23.2 Å². The molecule has 3 heterocycles. The first-order valence-corrected chi connectivity index (χ1v) is 6.14. The molecule has 0 unspecified atom stereocenters. The topological polar surface area (TPSA) is 90.7 Å². The van der Waals surface area contributed by atoms with Crippen LogP contribution in [-0.2, 0) is 0 Å². The first-order valence-electron chi connectivity index (χ1n) is 6.14. The van der Waals surface area contributed by atoms with Gasteiger partial charge in [-0.25, -0.2) is 4.98 Å². The Bertz CT molecular complexity index is 746. The van der Waals surface area contributed by atoms with E-state index in [1.165, 1.54) is 0 Å². The third-order valence-electron chi connectivity index (χ3n) is 2.76. The number of hydrogen-bond acceptors (Lipinski definition) is 6. The third-order valence-corrected chi connectivity index (χ3v) is 2.76. The van der Waals surface area contributed by atoms with Crippen LogP contribution in [-0.4, -0.2) is 20.1 Å². The molecule has 0 bridgehead atoms. The molecular formula is C14H13N5O. The lowest BCUT2D eigenvalue weighted by atomic mass is 10.2. The van der Waals surface area contributed by atoms with E-state index in [4.69, 9.17) is 10.3 Å².